The number of nitro benzene ring substituents is 1. The van der Waals surface area contributed by atoms with E-state index in [1.165, 1.54) is 18.2 Å². The van der Waals surface area contributed by atoms with Gasteiger partial charge in [0.05, 0.1) is 12.0 Å². The number of aromatic nitrogens is 2. The lowest BCUT2D eigenvalue weighted by Crippen LogP contribution is -2.05. The molecule has 2 aromatic carbocycles. The molecule has 1 atom stereocenters. The van der Waals surface area contributed by atoms with E-state index in [4.69, 9.17) is 25.5 Å². The van der Waals surface area contributed by atoms with Crippen molar-refractivity contribution >= 4 is 17.3 Å². The first kappa shape index (κ1) is 17.7. The van der Waals surface area contributed by atoms with E-state index in [-0.39, 0.29) is 22.4 Å². The van der Waals surface area contributed by atoms with E-state index in [0.717, 1.165) is 0 Å². The van der Waals surface area contributed by atoms with Crippen molar-refractivity contribution in [1.82, 2.24) is 10.2 Å². The molecule has 0 saturated carbocycles. The molecule has 0 fully saturated rings. The number of benzene rings is 2. The van der Waals surface area contributed by atoms with E-state index in [1.807, 2.05) is 0 Å². The molecule has 8 nitrogen and oxygen atoms in total. The first-order valence-corrected chi connectivity index (χ1v) is 7.94. The van der Waals surface area contributed by atoms with Crippen LogP contribution in [0.25, 0.3) is 11.5 Å². The second kappa shape index (κ2) is 7.40. The van der Waals surface area contributed by atoms with Gasteiger partial charge in [0, 0.05) is 16.7 Å². The van der Waals surface area contributed by atoms with Gasteiger partial charge in [0.2, 0.25) is 5.89 Å². The van der Waals surface area contributed by atoms with Crippen LogP contribution in [0.5, 0.6) is 11.5 Å². The van der Waals surface area contributed by atoms with Crippen LogP contribution in [0.15, 0.2) is 46.9 Å². The van der Waals surface area contributed by atoms with Gasteiger partial charge in [0.25, 0.3) is 5.89 Å². The monoisotopic (exact) mass is 375 g/mol. The second-order valence-electron chi connectivity index (χ2n) is 5.30. The normalized spacial score (nSPS) is 11.8. The predicted octanol–water partition coefficient (Wildman–Crippen LogP) is 4.45. The summed E-state index contributed by atoms with van der Waals surface area (Å²) in [5, 5.41) is 19.3. The third kappa shape index (κ3) is 3.75. The van der Waals surface area contributed by atoms with Crippen molar-refractivity contribution in [2.45, 2.75) is 13.0 Å². The molecule has 0 aliphatic carbocycles. The molecule has 0 N–H and O–H groups in total. The van der Waals surface area contributed by atoms with Crippen LogP contribution in [0.2, 0.25) is 5.02 Å². The number of nitrogens with zero attached hydrogens (tertiary/aromatic N) is 3. The van der Waals surface area contributed by atoms with E-state index in [9.17, 15) is 10.1 Å². The van der Waals surface area contributed by atoms with Crippen LogP contribution < -0.4 is 9.47 Å². The molecule has 0 bridgehead atoms. The summed E-state index contributed by atoms with van der Waals surface area (Å²) in [4.78, 5) is 10.6. The van der Waals surface area contributed by atoms with Gasteiger partial charge in [-0.1, -0.05) is 11.6 Å². The van der Waals surface area contributed by atoms with Gasteiger partial charge in [-0.25, -0.2) is 0 Å². The molecule has 0 amide bonds. The fourth-order valence-electron chi connectivity index (χ4n) is 2.22. The van der Waals surface area contributed by atoms with Gasteiger partial charge in [-0.2, -0.15) is 0 Å². The highest BCUT2D eigenvalue weighted by Gasteiger charge is 2.22. The minimum atomic E-state index is -0.686. The Kier molecular flexibility index (Phi) is 5.04. The largest absolute Gasteiger partial charge is 0.497 e. The summed E-state index contributed by atoms with van der Waals surface area (Å²) in [6.07, 6.45) is -0.686. The highest BCUT2D eigenvalue weighted by Crippen LogP contribution is 2.33. The zero-order valence-electron chi connectivity index (χ0n) is 13.9. The van der Waals surface area contributed by atoms with Gasteiger partial charge in [-0.05, 0) is 43.3 Å². The minimum Gasteiger partial charge on any atom is -0.497 e. The molecule has 0 aliphatic heterocycles. The van der Waals surface area contributed by atoms with E-state index >= 15 is 0 Å². The molecule has 134 valence electrons. The molecule has 1 aromatic heterocycles. The summed E-state index contributed by atoms with van der Waals surface area (Å²) in [5.74, 6) is 1.28. The number of rotatable bonds is 6. The molecular weight excluding hydrogens is 362 g/mol. The van der Waals surface area contributed by atoms with Gasteiger partial charge < -0.3 is 13.9 Å². The van der Waals surface area contributed by atoms with E-state index in [0.29, 0.717) is 17.2 Å². The van der Waals surface area contributed by atoms with Crippen LogP contribution in [0.1, 0.15) is 18.9 Å². The van der Waals surface area contributed by atoms with Crippen LogP contribution in [0.3, 0.4) is 0 Å². The lowest BCUT2D eigenvalue weighted by Gasteiger charge is -2.11. The molecule has 26 heavy (non-hydrogen) atoms. The number of methoxy groups -OCH3 is 1. The van der Waals surface area contributed by atoms with Gasteiger partial charge in [0.15, 0.2) is 11.9 Å². The van der Waals surface area contributed by atoms with Crippen molar-refractivity contribution in [3.63, 3.8) is 0 Å². The third-order valence-electron chi connectivity index (χ3n) is 3.55. The summed E-state index contributed by atoms with van der Waals surface area (Å²) >= 11 is 5.80. The van der Waals surface area contributed by atoms with Crippen LogP contribution in [0.4, 0.5) is 5.69 Å². The number of ether oxygens (including phenoxy) is 2. The summed E-state index contributed by atoms with van der Waals surface area (Å²) < 4.78 is 16.3. The average Bonchev–Trinajstić information content (AvgIpc) is 3.13. The summed E-state index contributed by atoms with van der Waals surface area (Å²) in [6.45, 7) is 1.66. The Labute approximate surface area is 153 Å². The molecule has 3 aromatic rings. The summed E-state index contributed by atoms with van der Waals surface area (Å²) in [6, 6.07) is 11.3. The standard InChI is InChI=1S/C17H14ClN3O5/c1-10(25-15-8-5-12(18)9-14(15)21(22)23)16-19-20-17(26-16)11-3-6-13(24-2)7-4-11/h3-10H,1-2H3/t10-/m1/s1. The number of nitro groups is 1. The Morgan fingerprint density at radius 3 is 2.58 bits per heavy atom. The molecule has 3 rings (SSSR count). The maximum Gasteiger partial charge on any atom is 0.312 e. The molecule has 0 unspecified atom stereocenters. The lowest BCUT2D eigenvalue weighted by molar-refractivity contribution is -0.386. The Balaban J connectivity index is 1.80. The molecular formula is C17H14ClN3O5. The van der Waals surface area contributed by atoms with Gasteiger partial charge in [-0.3, -0.25) is 10.1 Å². The topological polar surface area (TPSA) is 101 Å². The highest BCUT2D eigenvalue weighted by molar-refractivity contribution is 6.30. The number of hydrogen-bond donors (Lipinski definition) is 0. The van der Waals surface area contributed by atoms with Crippen molar-refractivity contribution in [2.75, 3.05) is 7.11 Å². The van der Waals surface area contributed by atoms with Crippen molar-refractivity contribution in [3.05, 3.63) is 63.5 Å². The second-order valence-corrected chi connectivity index (χ2v) is 5.74. The predicted molar refractivity (Wildman–Crippen MR) is 93.4 cm³/mol. The smallest absolute Gasteiger partial charge is 0.312 e. The number of hydrogen-bond acceptors (Lipinski definition) is 7. The van der Waals surface area contributed by atoms with Crippen molar-refractivity contribution in [2.24, 2.45) is 0 Å². The molecule has 1 heterocycles. The van der Waals surface area contributed by atoms with E-state index < -0.39 is 11.0 Å². The highest BCUT2D eigenvalue weighted by atomic mass is 35.5. The van der Waals surface area contributed by atoms with Crippen LogP contribution in [-0.4, -0.2) is 22.2 Å². The molecule has 0 radical (unpaired) electrons. The van der Waals surface area contributed by atoms with E-state index in [1.54, 1.807) is 38.3 Å². The molecule has 0 spiro atoms. The third-order valence-corrected chi connectivity index (χ3v) is 3.78. The average molecular weight is 376 g/mol. The molecule has 0 aliphatic rings. The zero-order chi connectivity index (χ0) is 18.7. The van der Waals surface area contributed by atoms with Crippen molar-refractivity contribution in [1.29, 1.82) is 0 Å². The van der Waals surface area contributed by atoms with Crippen LogP contribution in [-0.2, 0) is 0 Å². The van der Waals surface area contributed by atoms with Crippen molar-refractivity contribution in [3.8, 4) is 23.0 Å². The quantitative estimate of drug-likeness (QED) is 0.463. The van der Waals surface area contributed by atoms with E-state index in [2.05, 4.69) is 10.2 Å². The van der Waals surface area contributed by atoms with Crippen molar-refractivity contribution < 1.29 is 18.8 Å². The van der Waals surface area contributed by atoms with Crippen LogP contribution in [0, 0.1) is 10.1 Å². The zero-order valence-corrected chi connectivity index (χ0v) is 14.6. The van der Waals surface area contributed by atoms with Gasteiger partial charge in [-0.15, -0.1) is 10.2 Å². The maximum atomic E-state index is 11.1. The van der Waals surface area contributed by atoms with Crippen LogP contribution >= 0.6 is 11.6 Å². The molecule has 0 saturated heterocycles. The summed E-state index contributed by atoms with van der Waals surface area (Å²) in [5.41, 5.74) is 0.480. The number of halogens is 1. The SMILES string of the molecule is COc1ccc(-c2nnc([C@@H](C)Oc3ccc(Cl)cc3[N+](=O)[O-])o2)cc1. The Morgan fingerprint density at radius 1 is 1.19 bits per heavy atom. The lowest BCUT2D eigenvalue weighted by atomic mass is 10.2. The van der Waals surface area contributed by atoms with Gasteiger partial charge >= 0.3 is 5.69 Å². The fraction of sp³-hybridized carbons (Fsp3) is 0.176. The van der Waals surface area contributed by atoms with Gasteiger partial charge in [0.1, 0.15) is 5.75 Å². The first-order chi connectivity index (χ1) is 12.5. The first-order valence-electron chi connectivity index (χ1n) is 7.56. The Morgan fingerprint density at radius 2 is 1.92 bits per heavy atom. The molecule has 9 heteroatoms. The fourth-order valence-corrected chi connectivity index (χ4v) is 2.39. The summed E-state index contributed by atoms with van der Waals surface area (Å²) in [7, 11) is 1.58. The maximum absolute atomic E-state index is 11.1. The Hall–Kier alpha value is -3.13. The Bertz CT molecular complexity index is 926. The minimum absolute atomic E-state index is 0.0658.